The lowest BCUT2D eigenvalue weighted by atomic mass is 10.2. The van der Waals surface area contributed by atoms with Crippen molar-refractivity contribution in [1.82, 2.24) is 0 Å². The van der Waals surface area contributed by atoms with Crippen LogP contribution in [0.25, 0.3) is 0 Å². The highest BCUT2D eigenvalue weighted by atomic mass is 79.9. The van der Waals surface area contributed by atoms with Crippen LogP contribution < -0.4 is 4.72 Å². The van der Waals surface area contributed by atoms with Crippen molar-refractivity contribution in [2.24, 2.45) is 0 Å². The number of sulfonamides is 1. The molecule has 0 aromatic heterocycles. The monoisotopic (exact) mass is 393 g/mol. The molecule has 2 rings (SSSR count). The van der Waals surface area contributed by atoms with Crippen LogP contribution in [-0.4, -0.2) is 13.5 Å². The molecule has 8 heteroatoms. The molecule has 0 aliphatic heterocycles. The molecule has 0 amide bonds. The minimum Gasteiger partial charge on any atom is -0.392 e. The molecule has 0 saturated carbocycles. The molecule has 0 unspecified atom stereocenters. The fourth-order valence-corrected chi connectivity index (χ4v) is 3.23. The summed E-state index contributed by atoms with van der Waals surface area (Å²) in [5.41, 5.74) is 0.502. The van der Waals surface area contributed by atoms with E-state index in [1.807, 2.05) is 0 Å². The van der Waals surface area contributed by atoms with E-state index in [0.29, 0.717) is 15.1 Å². The Balaban J connectivity index is 2.40. The first-order chi connectivity index (χ1) is 9.83. The number of rotatable bonds is 4. The fraction of sp³-hybridized carbons (Fsp3) is 0.0769. The molecule has 0 saturated heterocycles. The maximum absolute atomic E-state index is 13.7. The van der Waals surface area contributed by atoms with Crippen molar-refractivity contribution < 1.29 is 17.9 Å². The van der Waals surface area contributed by atoms with Gasteiger partial charge in [0.1, 0.15) is 10.7 Å². The minimum atomic E-state index is -4.12. The molecule has 2 aromatic rings. The molecule has 2 N–H and O–H groups in total. The first kappa shape index (κ1) is 16.2. The summed E-state index contributed by atoms with van der Waals surface area (Å²) in [5.74, 6) is -0.900. The lowest BCUT2D eigenvalue weighted by molar-refractivity contribution is 0.281. The zero-order valence-corrected chi connectivity index (χ0v) is 13.6. The third kappa shape index (κ3) is 3.74. The molecule has 0 aliphatic rings. The van der Waals surface area contributed by atoms with Gasteiger partial charge in [0.25, 0.3) is 10.0 Å². The van der Waals surface area contributed by atoms with E-state index in [2.05, 4.69) is 20.7 Å². The highest BCUT2D eigenvalue weighted by Crippen LogP contribution is 2.27. The second-order valence-corrected chi connectivity index (χ2v) is 7.07. The van der Waals surface area contributed by atoms with E-state index in [1.165, 1.54) is 18.2 Å². The average Bonchev–Trinajstić information content (AvgIpc) is 2.43. The van der Waals surface area contributed by atoms with Crippen LogP contribution in [-0.2, 0) is 16.6 Å². The second-order valence-electron chi connectivity index (χ2n) is 4.16. The third-order valence-corrected chi connectivity index (χ3v) is 5.27. The van der Waals surface area contributed by atoms with E-state index in [4.69, 9.17) is 16.7 Å². The van der Waals surface area contributed by atoms with Crippen molar-refractivity contribution in [1.29, 1.82) is 0 Å². The topological polar surface area (TPSA) is 66.4 Å². The van der Waals surface area contributed by atoms with Gasteiger partial charge in [-0.1, -0.05) is 17.7 Å². The summed E-state index contributed by atoms with van der Waals surface area (Å²) >= 11 is 9.07. The van der Waals surface area contributed by atoms with Crippen molar-refractivity contribution in [3.05, 3.63) is 57.3 Å². The first-order valence-electron chi connectivity index (χ1n) is 5.70. The number of benzene rings is 2. The lowest BCUT2D eigenvalue weighted by Crippen LogP contribution is -2.15. The van der Waals surface area contributed by atoms with Gasteiger partial charge in [0.05, 0.1) is 17.3 Å². The molecule has 21 heavy (non-hydrogen) atoms. The zero-order chi connectivity index (χ0) is 15.6. The number of nitrogens with one attached hydrogen (secondary N) is 1. The van der Waals surface area contributed by atoms with Crippen LogP contribution in [0.4, 0.5) is 10.1 Å². The van der Waals surface area contributed by atoms with Crippen LogP contribution in [0.2, 0.25) is 5.02 Å². The Hall–Kier alpha value is -1.15. The smallest absolute Gasteiger partial charge is 0.264 e. The number of hydrogen-bond donors (Lipinski definition) is 2. The molecule has 0 fully saturated rings. The average molecular weight is 395 g/mol. The Bertz CT molecular complexity index is 783. The highest BCUT2D eigenvalue weighted by Gasteiger charge is 2.20. The van der Waals surface area contributed by atoms with Crippen molar-refractivity contribution in [3.8, 4) is 0 Å². The molecule has 0 bridgehead atoms. The Labute approximate surface area is 134 Å². The molecule has 0 heterocycles. The number of aliphatic hydroxyl groups is 1. The van der Waals surface area contributed by atoms with Gasteiger partial charge in [-0.3, -0.25) is 4.72 Å². The van der Waals surface area contributed by atoms with E-state index < -0.39 is 20.7 Å². The summed E-state index contributed by atoms with van der Waals surface area (Å²) in [7, 11) is -4.12. The molecule has 0 radical (unpaired) electrons. The van der Waals surface area contributed by atoms with Gasteiger partial charge in [0.15, 0.2) is 0 Å². The van der Waals surface area contributed by atoms with Crippen molar-refractivity contribution in [3.63, 3.8) is 0 Å². The molecule has 4 nitrogen and oxygen atoms in total. The van der Waals surface area contributed by atoms with Crippen LogP contribution in [0.1, 0.15) is 5.56 Å². The van der Waals surface area contributed by atoms with Gasteiger partial charge in [-0.05, 0) is 51.8 Å². The minimum absolute atomic E-state index is 0.206. The van der Waals surface area contributed by atoms with Gasteiger partial charge in [-0.25, -0.2) is 12.8 Å². The largest absolute Gasteiger partial charge is 0.392 e. The van der Waals surface area contributed by atoms with Crippen molar-refractivity contribution >= 4 is 43.2 Å². The molecular formula is C13H10BrClFNO3S. The number of halogens is 3. The van der Waals surface area contributed by atoms with Crippen molar-refractivity contribution in [2.45, 2.75) is 11.5 Å². The summed E-state index contributed by atoms with van der Waals surface area (Å²) in [4.78, 5) is -0.534. The van der Waals surface area contributed by atoms with Crippen LogP contribution in [0, 0.1) is 5.82 Å². The normalized spacial score (nSPS) is 11.4. The summed E-state index contributed by atoms with van der Waals surface area (Å²) in [6, 6.07) is 7.84. The zero-order valence-electron chi connectivity index (χ0n) is 10.5. The van der Waals surface area contributed by atoms with E-state index in [0.717, 1.165) is 12.1 Å². The first-order valence-corrected chi connectivity index (χ1v) is 8.36. The maximum atomic E-state index is 13.7. The quantitative estimate of drug-likeness (QED) is 0.833. The Morgan fingerprint density at radius 3 is 2.57 bits per heavy atom. The predicted molar refractivity (Wildman–Crippen MR) is 82.3 cm³/mol. The van der Waals surface area contributed by atoms with E-state index in [1.54, 1.807) is 6.07 Å². The van der Waals surface area contributed by atoms with Gasteiger partial charge in [0, 0.05) is 4.47 Å². The number of anilines is 1. The molecule has 112 valence electrons. The van der Waals surface area contributed by atoms with Crippen LogP contribution >= 0.6 is 27.5 Å². The van der Waals surface area contributed by atoms with Crippen LogP contribution in [0.15, 0.2) is 45.8 Å². The van der Waals surface area contributed by atoms with Crippen molar-refractivity contribution in [2.75, 3.05) is 4.72 Å². The number of aliphatic hydroxyl groups excluding tert-OH is 1. The summed E-state index contributed by atoms with van der Waals surface area (Å²) in [5, 5.41) is 9.33. The van der Waals surface area contributed by atoms with Gasteiger partial charge >= 0.3 is 0 Å². The molecule has 2 aromatic carbocycles. The predicted octanol–water partition coefficient (Wildman–Crippen LogP) is 3.53. The fourth-order valence-electron chi connectivity index (χ4n) is 1.62. The highest BCUT2D eigenvalue weighted by molar-refractivity contribution is 9.10. The summed E-state index contributed by atoms with van der Waals surface area (Å²) in [6.45, 7) is -0.382. The van der Waals surface area contributed by atoms with Gasteiger partial charge < -0.3 is 5.11 Å². The van der Waals surface area contributed by atoms with Gasteiger partial charge in [0.2, 0.25) is 0 Å². The summed E-state index contributed by atoms with van der Waals surface area (Å²) in [6.07, 6.45) is 0. The Kier molecular flexibility index (Phi) is 4.88. The molecule has 0 spiro atoms. The Morgan fingerprint density at radius 1 is 1.24 bits per heavy atom. The van der Waals surface area contributed by atoms with E-state index in [9.17, 15) is 12.8 Å². The lowest BCUT2D eigenvalue weighted by Gasteiger charge is -2.10. The third-order valence-electron chi connectivity index (χ3n) is 2.64. The van der Waals surface area contributed by atoms with Crippen LogP contribution in [0.3, 0.4) is 0 Å². The SMILES string of the molecule is O=S(=O)(Nc1ccc(Br)c(Cl)c1)c1cc(CO)ccc1F. The Morgan fingerprint density at radius 2 is 1.95 bits per heavy atom. The second kappa shape index (κ2) is 6.31. The van der Waals surface area contributed by atoms with Gasteiger partial charge in [-0.2, -0.15) is 0 Å². The van der Waals surface area contributed by atoms with E-state index in [-0.39, 0.29) is 12.3 Å². The van der Waals surface area contributed by atoms with Gasteiger partial charge in [-0.15, -0.1) is 0 Å². The standard InChI is InChI=1S/C13H10BrClFNO3S/c14-10-3-2-9(6-11(10)15)17-21(19,20)13-5-8(7-18)1-4-12(13)16/h1-6,17-18H,7H2. The van der Waals surface area contributed by atoms with Crippen LogP contribution in [0.5, 0.6) is 0 Å². The number of hydrogen-bond acceptors (Lipinski definition) is 3. The maximum Gasteiger partial charge on any atom is 0.264 e. The molecular weight excluding hydrogens is 385 g/mol. The molecule has 0 aliphatic carbocycles. The molecule has 0 atom stereocenters. The summed E-state index contributed by atoms with van der Waals surface area (Å²) < 4.78 is 41.0. The van der Waals surface area contributed by atoms with E-state index >= 15 is 0 Å².